The SMILES string of the molecule is N#Cc1cn(CC(=O)O)cc1-c1c(Cl)cccc1C(F)(F)F. The third-order valence-corrected chi connectivity index (χ3v) is 3.22. The summed E-state index contributed by atoms with van der Waals surface area (Å²) >= 11 is 5.88. The fourth-order valence-corrected chi connectivity index (χ4v) is 2.35. The molecule has 0 saturated heterocycles. The van der Waals surface area contributed by atoms with Gasteiger partial charge in [-0.1, -0.05) is 17.7 Å². The molecule has 2 aromatic rings. The Kier molecular flexibility index (Phi) is 4.15. The Morgan fingerprint density at radius 3 is 2.59 bits per heavy atom. The van der Waals surface area contributed by atoms with E-state index in [4.69, 9.17) is 22.0 Å². The van der Waals surface area contributed by atoms with E-state index in [9.17, 15) is 18.0 Å². The predicted octanol–water partition coefficient (Wildman–Crippen LogP) is 3.78. The number of benzene rings is 1. The summed E-state index contributed by atoms with van der Waals surface area (Å²) < 4.78 is 40.5. The van der Waals surface area contributed by atoms with Crippen molar-refractivity contribution in [1.82, 2.24) is 4.57 Å². The molecular formula is C14H8ClF3N2O2. The molecule has 0 saturated carbocycles. The van der Waals surface area contributed by atoms with Gasteiger partial charge in [0, 0.05) is 28.5 Å². The lowest BCUT2D eigenvalue weighted by molar-refractivity contribution is -0.138. The third kappa shape index (κ3) is 3.07. The molecule has 22 heavy (non-hydrogen) atoms. The van der Waals surface area contributed by atoms with Gasteiger partial charge in [0.25, 0.3) is 0 Å². The van der Waals surface area contributed by atoms with Crippen molar-refractivity contribution in [1.29, 1.82) is 5.26 Å². The molecule has 4 nitrogen and oxygen atoms in total. The lowest BCUT2D eigenvalue weighted by Gasteiger charge is -2.13. The Hall–Kier alpha value is -2.46. The van der Waals surface area contributed by atoms with Crippen molar-refractivity contribution >= 4 is 17.6 Å². The highest BCUT2D eigenvalue weighted by atomic mass is 35.5. The van der Waals surface area contributed by atoms with Crippen LogP contribution in [0.25, 0.3) is 11.1 Å². The quantitative estimate of drug-likeness (QED) is 0.932. The number of hydrogen-bond donors (Lipinski definition) is 1. The zero-order valence-electron chi connectivity index (χ0n) is 10.9. The molecule has 1 heterocycles. The molecule has 1 aromatic carbocycles. The average molecular weight is 329 g/mol. The van der Waals surface area contributed by atoms with Crippen LogP contribution in [0.15, 0.2) is 30.6 Å². The summed E-state index contributed by atoms with van der Waals surface area (Å²) in [6.45, 7) is -0.472. The van der Waals surface area contributed by atoms with Gasteiger partial charge in [-0.2, -0.15) is 18.4 Å². The van der Waals surface area contributed by atoms with Crippen LogP contribution in [0.2, 0.25) is 5.02 Å². The first-order valence-electron chi connectivity index (χ1n) is 5.91. The van der Waals surface area contributed by atoms with Crippen LogP contribution in [0.1, 0.15) is 11.1 Å². The number of aromatic nitrogens is 1. The van der Waals surface area contributed by atoms with Gasteiger partial charge in [-0.25, -0.2) is 0 Å². The maximum absolute atomic E-state index is 13.1. The number of alkyl halides is 3. The highest BCUT2D eigenvalue weighted by Crippen LogP contribution is 2.42. The molecule has 0 aliphatic heterocycles. The van der Waals surface area contributed by atoms with Gasteiger partial charge in [0.2, 0.25) is 0 Å². The summed E-state index contributed by atoms with van der Waals surface area (Å²) in [5.41, 5.74) is -1.46. The van der Waals surface area contributed by atoms with Crippen LogP contribution in [0, 0.1) is 11.3 Å². The van der Waals surface area contributed by atoms with E-state index in [1.54, 1.807) is 6.07 Å². The number of carbonyl (C=O) groups is 1. The van der Waals surface area contributed by atoms with E-state index in [0.29, 0.717) is 0 Å². The van der Waals surface area contributed by atoms with Crippen LogP contribution in [-0.2, 0) is 17.5 Å². The van der Waals surface area contributed by atoms with Crippen molar-refractivity contribution < 1.29 is 23.1 Å². The van der Waals surface area contributed by atoms with Crippen LogP contribution in [0.3, 0.4) is 0 Å². The zero-order valence-corrected chi connectivity index (χ0v) is 11.6. The fourth-order valence-electron chi connectivity index (χ4n) is 2.08. The smallest absolute Gasteiger partial charge is 0.417 e. The zero-order chi connectivity index (χ0) is 16.5. The second-order valence-electron chi connectivity index (χ2n) is 4.42. The van der Waals surface area contributed by atoms with Gasteiger partial charge in [0.15, 0.2) is 0 Å². The van der Waals surface area contributed by atoms with Gasteiger partial charge in [-0.05, 0) is 12.1 Å². The largest absolute Gasteiger partial charge is 0.480 e. The molecule has 0 spiro atoms. The monoisotopic (exact) mass is 328 g/mol. The minimum Gasteiger partial charge on any atom is -0.480 e. The normalized spacial score (nSPS) is 11.2. The van der Waals surface area contributed by atoms with Gasteiger partial charge in [0.1, 0.15) is 12.6 Å². The molecule has 1 aromatic heterocycles. The van der Waals surface area contributed by atoms with Crippen molar-refractivity contribution in [3.8, 4) is 17.2 Å². The van der Waals surface area contributed by atoms with Crippen molar-refractivity contribution in [2.45, 2.75) is 12.7 Å². The highest BCUT2D eigenvalue weighted by Gasteiger charge is 2.35. The van der Waals surface area contributed by atoms with E-state index in [1.807, 2.05) is 0 Å². The summed E-state index contributed by atoms with van der Waals surface area (Å²) in [6.07, 6.45) is -2.31. The van der Waals surface area contributed by atoms with Gasteiger partial charge < -0.3 is 9.67 Å². The fraction of sp³-hybridized carbons (Fsp3) is 0.143. The summed E-state index contributed by atoms with van der Waals surface area (Å²) in [6, 6.07) is 5.05. The van der Waals surface area contributed by atoms with Crippen LogP contribution in [-0.4, -0.2) is 15.6 Å². The molecule has 0 bridgehead atoms. The molecule has 0 radical (unpaired) electrons. The number of aliphatic carboxylic acids is 1. The second kappa shape index (κ2) is 5.73. The lowest BCUT2D eigenvalue weighted by Crippen LogP contribution is -2.08. The number of nitriles is 1. The molecule has 8 heteroatoms. The molecule has 114 valence electrons. The van der Waals surface area contributed by atoms with Gasteiger partial charge >= 0.3 is 12.1 Å². The van der Waals surface area contributed by atoms with Crippen molar-refractivity contribution in [3.63, 3.8) is 0 Å². The Bertz CT molecular complexity index is 775. The average Bonchev–Trinajstić information content (AvgIpc) is 2.79. The number of halogens is 4. The lowest BCUT2D eigenvalue weighted by atomic mass is 9.99. The van der Waals surface area contributed by atoms with Crippen LogP contribution in [0.5, 0.6) is 0 Å². The van der Waals surface area contributed by atoms with Gasteiger partial charge in [0.05, 0.1) is 11.1 Å². The summed E-state index contributed by atoms with van der Waals surface area (Å²) in [4.78, 5) is 10.7. The summed E-state index contributed by atoms with van der Waals surface area (Å²) in [5.74, 6) is -1.18. The van der Waals surface area contributed by atoms with Crippen LogP contribution < -0.4 is 0 Å². The summed E-state index contributed by atoms with van der Waals surface area (Å²) in [5, 5.41) is 17.6. The van der Waals surface area contributed by atoms with Crippen LogP contribution >= 0.6 is 11.6 Å². The maximum atomic E-state index is 13.1. The van der Waals surface area contributed by atoms with Crippen molar-refractivity contribution in [2.24, 2.45) is 0 Å². The van der Waals surface area contributed by atoms with E-state index in [2.05, 4.69) is 0 Å². The first-order chi connectivity index (χ1) is 10.2. The molecule has 1 N–H and O–H groups in total. The van der Waals surface area contributed by atoms with Crippen molar-refractivity contribution in [3.05, 3.63) is 46.7 Å². The van der Waals surface area contributed by atoms with Gasteiger partial charge in [-0.3, -0.25) is 4.79 Å². The number of nitrogens with zero attached hydrogens (tertiary/aromatic N) is 2. The number of carboxylic acids is 1. The first kappa shape index (κ1) is 15.9. The summed E-state index contributed by atoms with van der Waals surface area (Å²) in [7, 11) is 0. The first-order valence-corrected chi connectivity index (χ1v) is 6.29. The Labute approximate surface area is 128 Å². The van der Waals surface area contributed by atoms with E-state index in [-0.39, 0.29) is 21.7 Å². The van der Waals surface area contributed by atoms with Gasteiger partial charge in [-0.15, -0.1) is 0 Å². The molecule has 0 aliphatic rings. The number of hydrogen-bond acceptors (Lipinski definition) is 2. The molecule has 0 amide bonds. The maximum Gasteiger partial charge on any atom is 0.417 e. The third-order valence-electron chi connectivity index (χ3n) is 2.91. The van der Waals surface area contributed by atoms with E-state index in [1.165, 1.54) is 18.5 Å². The molecular weight excluding hydrogens is 321 g/mol. The van der Waals surface area contributed by atoms with Crippen LogP contribution in [0.4, 0.5) is 13.2 Å². The molecule has 0 atom stereocenters. The Morgan fingerprint density at radius 2 is 2.05 bits per heavy atom. The molecule has 0 fully saturated rings. The minimum absolute atomic E-state index is 0.0540. The highest BCUT2D eigenvalue weighted by molar-refractivity contribution is 6.33. The minimum atomic E-state index is -4.65. The van der Waals surface area contributed by atoms with E-state index < -0.39 is 24.3 Å². The molecule has 0 unspecified atom stereocenters. The van der Waals surface area contributed by atoms with Crippen molar-refractivity contribution in [2.75, 3.05) is 0 Å². The predicted molar refractivity (Wildman–Crippen MR) is 72.2 cm³/mol. The van der Waals surface area contributed by atoms with E-state index >= 15 is 0 Å². The standard InChI is InChI=1S/C14H8ClF3N2O2/c15-11-3-1-2-10(14(16,17)18)13(11)9-6-20(7-12(21)22)5-8(9)4-19/h1-3,5-6H,7H2,(H,21,22). The topological polar surface area (TPSA) is 66.0 Å². The number of rotatable bonds is 3. The Balaban J connectivity index is 2.69. The van der Waals surface area contributed by atoms with E-state index in [0.717, 1.165) is 16.7 Å². The second-order valence-corrected chi connectivity index (χ2v) is 4.83. The molecule has 0 aliphatic carbocycles. The molecule has 2 rings (SSSR count). The Morgan fingerprint density at radius 1 is 1.36 bits per heavy atom. The number of carboxylic acid groups (broad SMARTS) is 1.